The summed E-state index contributed by atoms with van der Waals surface area (Å²) in [6, 6.07) is 1.95. The Kier molecular flexibility index (Phi) is 7.93. The Morgan fingerprint density at radius 2 is 2.00 bits per heavy atom. The lowest BCUT2D eigenvalue weighted by Gasteiger charge is -2.56. The van der Waals surface area contributed by atoms with Crippen LogP contribution < -0.4 is 10.6 Å². The Morgan fingerprint density at radius 1 is 1.34 bits per heavy atom. The number of rotatable bonds is 6. The van der Waals surface area contributed by atoms with Gasteiger partial charge in [0.05, 0.1) is 18.6 Å². The van der Waals surface area contributed by atoms with Crippen molar-refractivity contribution in [2.45, 2.75) is 71.9 Å². The molecule has 0 heterocycles. The van der Waals surface area contributed by atoms with Crippen LogP contribution in [0.2, 0.25) is 0 Å². The van der Waals surface area contributed by atoms with E-state index < -0.39 is 6.10 Å². The molecule has 29 heavy (non-hydrogen) atoms. The van der Waals surface area contributed by atoms with E-state index in [2.05, 4.69) is 30.6 Å². The van der Waals surface area contributed by atoms with Crippen molar-refractivity contribution < 1.29 is 14.7 Å². The van der Waals surface area contributed by atoms with Gasteiger partial charge in [-0.2, -0.15) is 5.26 Å². The van der Waals surface area contributed by atoms with Gasteiger partial charge in [0, 0.05) is 32.1 Å². The van der Waals surface area contributed by atoms with Crippen molar-refractivity contribution in [1.29, 1.82) is 5.26 Å². The summed E-state index contributed by atoms with van der Waals surface area (Å²) in [4.78, 5) is 26.5. The van der Waals surface area contributed by atoms with Gasteiger partial charge in [0.15, 0.2) is 0 Å². The molecule has 2 rings (SSSR count). The minimum Gasteiger partial charge on any atom is -0.392 e. The molecular formula is C22H38N4O3. The molecule has 0 bridgehead atoms. The highest BCUT2D eigenvalue weighted by molar-refractivity contribution is 5.78. The zero-order chi connectivity index (χ0) is 21.8. The van der Waals surface area contributed by atoms with Crippen LogP contribution in [0.1, 0.15) is 59.8 Å². The van der Waals surface area contributed by atoms with Crippen molar-refractivity contribution in [1.82, 2.24) is 15.5 Å². The summed E-state index contributed by atoms with van der Waals surface area (Å²) in [6.07, 6.45) is 3.42. The maximum absolute atomic E-state index is 12.8. The summed E-state index contributed by atoms with van der Waals surface area (Å²) < 4.78 is 0. The van der Waals surface area contributed by atoms with Crippen LogP contribution in [0.5, 0.6) is 0 Å². The highest BCUT2D eigenvalue weighted by atomic mass is 16.3. The first kappa shape index (κ1) is 23.5. The third-order valence-corrected chi connectivity index (χ3v) is 7.51. The highest BCUT2D eigenvalue weighted by Gasteiger charge is 2.54. The number of carbonyl (C=O) groups excluding carboxylic acids is 2. The predicted octanol–water partition coefficient (Wildman–Crippen LogP) is 2.51. The standard InChI is InChI=1S/C22H38N4O3/c1-6-24-21(29)25-17-9-11-22(4)10-8-16(19(27)18(22)15(17)3)14(2)20(28)26(5)13-7-12-23/h14-19,27H,6-11,13H2,1-5H3,(H2,24,25,29)/t14-,15+,16+,17-,18+,19-,22-/m0/s1. The Hall–Kier alpha value is -1.81. The molecule has 7 atom stereocenters. The van der Waals surface area contributed by atoms with Gasteiger partial charge in [0.1, 0.15) is 0 Å². The van der Waals surface area contributed by atoms with E-state index in [1.54, 1.807) is 11.9 Å². The Labute approximate surface area is 175 Å². The third kappa shape index (κ3) is 5.03. The maximum atomic E-state index is 12.8. The highest BCUT2D eigenvalue weighted by Crippen LogP contribution is 2.55. The second kappa shape index (κ2) is 9.80. The van der Waals surface area contributed by atoms with Crippen LogP contribution >= 0.6 is 0 Å². The number of urea groups is 1. The fraction of sp³-hybridized carbons (Fsp3) is 0.864. The van der Waals surface area contributed by atoms with E-state index in [-0.39, 0.29) is 47.1 Å². The molecule has 0 aromatic rings. The molecular weight excluding hydrogens is 368 g/mol. The van der Waals surface area contributed by atoms with Gasteiger partial charge in [-0.05, 0) is 55.8 Å². The molecule has 7 nitrogen and oxygen atoms in total. The average Bonchev–Trinajstić information content (AvgIpc) is 2.67. The Bertz CT molecular complexity index is 634. The van der Waals surface area contributed by atoms with E-state index in [0.717, 1.165) is 25.7 Å². The Morgan fingerprint density at radius 3 is 2.62 bits per heavy atom. The monoisotopic (exact) mass is 406 g/mol. The molecule has 0 aromatic heterocycles. The number of hydrogen-bond donors (Lipinski definition) is 3. The number of fused-ring (bicyclic) bond motifs is 1. The number of hydrogen-bond acceptors (Lipinski definition) is 4. The van der Waals surface area contributed by atoms with Crippen LogP contribution in [0.15, 0.2) is 0 Å². The first-order chi connectivity index (χ1) is 13.7. The third-order valence-electron chi connectivity index (χ3n) is 7.51. The van der Waals surface area contributed by atoms with Crippen LogP contribution in [0.25, 0.3) is 0 Å². The van der Waals surface area contributed by atoms with E-state index in [1.165, 1.54) is 0 Å². The molecule has 3 amide bonds. The molecule has 0 spiro atoms. The minimum absolute atomic E-state index is 0.00614. The lowest BCUT2D eigenvalue weighted by Crippen LogP contribution is -2.59. The quantitative estimate of drug-likeness (QED) is 0.630. The van der Waals surface area contributed by atoms with Crippen molar-refractivity contribution in [3.8, 4) is 6.07 Å². The zero-order valence-electron chi connectivity index (χ0n) is 18.6. The number of amides is 3. The van der Waals surface area contributed by atoms with Gasteiger partial charge in [0.2, 0.25) is 5.91 Å². The van der Waals surface area contributed by atoms with Crippen LogP contribution in [-0.4, -0.2) is 54.2 Å². The summed E-state index contributed by atoms with van der Waals surface area (Å²) in [5.74, 6) is -0.222. The van der Waals surface area contributed by atoms with Crippen molar-refractivity contribution in [3.63, 3.8) is 0 Å². The molecule has 2 aliphatic rings. The second-order valence-corrected chi connectivity index (χ2v) is 9.34. The largest absolute Gasteiger partial charge is 0.392 e. The smallest absolute Gasteiger partial charge is 0.315 e. The number of nitriles is 1. The van der Waals surface area contributed by atoms with Gasteiger partial charge < -0.3 is 20.6 Å². The second-order valence-electron chi connectivity index (χ2n) is 9.34. The normalized spacial score (nSPS) is 35.0. The molecule has 2 fully saturated rings. The number of aliphatic hydroxyl groups is 1. The van der Waals surface area contributed by atoms with Crippen molar-refractivity contribution in [2.24, 2.45) is 29.1 Å². The molecule has 0 saturated heterocycles. The molecule has 2 aliphatic carbocycles. The van der Waals surface area contributed by atoms with E-state index >= 15 is 0 Å². The van der Waals surface area contributed by atoms with Gasteiger partial charge >= 0.3 is 6.03 Å². The lowest BCUT2D eigenvalue weighted by atomic mass is 9.51. The molecule has 2 saturated carbocycles. The topological polar surface area (TPSA) is 105 Å². The number of nitrogens with one attached hydrogen (secondary N) is 2. The first-order valence-electron chi connectivity index (χ1n) is 11.0. The van der Waals surface area contributed by atoms with Crippen molar-refractivity contribution >= 4 is 11.9 Å². The fourth-order valence-electron chi connectivity index (χ4n) is 5.74. The SMILES string of the molecule is CCNC(=O)N[C@H]1CC[C@]2(C)CC[C@H]([C@H](C)C(=O)N(C)CCC#N)[C@H](O)[C@H]2[C@@H]1C. The Balaban J connectivity index is 2.13. The van der Waals surface area contributed by atoms with Crippen LogP contribution in [0, 0.1) is 40.4 Å². The van der Waals surface area contributed by atoms with E-state index in [9.17, 15) is 14.7 Å². The summed E-state index contributed by atoms with van der Waals surface area (Å²) in [5, 5.41) is 26.0. The fourth-order valence-corrected chi connectivity index (χ4v) is 5.74. The van der Waals surface area contributed by atoms with E-state index in [0.29, 0.717) is 19.5 Å². The zero-order valence-corrected chi connectivity index (χ0v) is 18.6. The van der Waals surface area contributed by atoms with Crippen molar-refractivity contribution in [3.05, 3.63) is 0 Å². The molecule has 0 aromatic carbocycles. The molecule has 0 unspecified atom stereocenters. The number of aliphatic hydroxyl groups excluding tert-OH is 1. The number of carbonyl (C=O) groups is 2. The predicted molar refractivity (Wildman–Crippen MR) is 112 cm³/mol. The molecule has 0 aliphatic heterocycles. The summed E-state index contributed by atoms with van der Waals surface area (Å²) in [5.41, 5.74) is 0.0320. The summed E-state index contributed by atoms with van der Waals surface area (Å²) in [6.45, 7) is 9.16. The molecule has 0 radical (unpaired) electrons. The van der Waals surface area contributed by atoms with Crippen molar-refractivity contribution in [2.75, 3.05) is 20.1 Å². The van der Waals surface area contributed by atoms with Crippen LogP contribution in [0.4, 0.5) is 4.79 Å². The van der Waals surface area contributed by atoms with Gasteiger partial charge in [0.25, 0.3) is 0 Å². The van der Waals surface area contributed by atoms with Crippen LogP contribution in [0.3, 0.4) is 0 Å². The van der Waals surface area contributed by atoms with Gasteiger partial charge in [-0.3, -0.25) is 4.79 Å². The minimum atomic E-state index is -0.578. The van der Waals surface area contributed by atoms with Crippen LogP contribution in [-0.2, 0) is 4.79 Å². The molecule has 7 heteroatoms. The van der Waals surface area contributed by atoms with Gasteiger partial charge in [-0.25, -0.2) is 4.79 Å². The maximum Gasteiger partial charge on any atom is 0.315 e. The van der Waals surface area contributed by atoms with Gasteiger partial charge in [-0.1, -0.05) is 20.8 Å². The summed E-state index contributed by atoms with van der Waals surface area (Å²) >= 11 is 0. The number of nitrogens with zero attached hydrogens (tertiary/aromatic N) is 2. The summed E-state index contributed by atoms with van der Waals surface area (Å²) in [7, 11) is 1.73. The molecule has 164 valence electrons. The molecule has 3 N–H and O–H groups in total. The average molecular weight is 407 g/mol. The first-order valence-corrected chi connectivity index (χ1v) is 11.0. The van der Waals surface area contributed by atoms with E-state index in [4.69, 9.17) is 5.26 Å². The lowest BCUT2D eigenvalue weighted by molar-refractivity contribution is -0.149. The van der Waals surface area contributed by atoms with Gasteiger partial charge in [-0.15, -0.1) is 0 Å². The van der Waals surface area contributed by atoms with E-state index in [1.807, 2.05) is 13.8 Å².